The molecule has 0 aliphatic carbocycles. The van der Waals surface area contributed by atoms with E-state index in [4.69, 9.17) is 5.26 Å². The number of ether oxygens (including phenoxy) is 1. The number of methoxy groups -OCH3 is 1. The number of carbonyl (C=O) groups excluding carboxylic acids is 1. The standard InChI is InChI=1S/C13H16N2O4S/c1-4-13(2,12(16)19-3)15-20(17,18)11-7-5-10(9-14)6-8-11/h5-8,15H,4H2,1-3H3. The third-order valence-electron chi connectivity index (χ3n) is 3.00. The number of hydrogen-bond acceptors (Lipinski definition) is 5. The molecule has 7 heteroatoms. The number of carbonyl (C=O) groups is 1. The number of esters is 1. The molecule has 0 spiro atoms. The Morgan fingerprint density at radius 3 is 2.35 bits per heavy atom. The molecule has 0 aromatic heterocycles. The smallest absolute Gasteiger partial charge is 0.326 e. The van der Waals surface area contributed by atoms with Crippen LogP contribution in [0.1, 0.15) is 25.8 Å². The second kappa shape index (κ2) is 6.03. The van der Waals surface area contributed by atoms with Gasteiger partial charge in [-0.25, -0.2) is 8.42 Å². The molecule has 0 fully saturated rings. The summed E-state index contributed by atoms with van der Waals surface area (Å²) in [4.78, 5) is 11.7. The Hall–Kier alpha value is -1.91. The van der Waals surface area contributed by atoms with Gasteiger partial charge in [0.15, 0.2) is 0 Å². The Morgan fingerprint density at radius 2 is 1.95 bits per heavy atom. The summed E-state index contributed by atoms with van der Waals surface area (Å²) in [5.41, 5.74) is -0.975. The summed E-state index contributed by atoms with van der Waals surface area (Å²) in [6, 6.07) is 7.33. The Labute approximate surface area is 118 Å². The highest BCUT2D eigenvalue weighted by Crippen LogP contribution is 2.17. The Morgan fingerprint density at radius 1 is 1.40 bits per heavy atom. The third kappa shape index (κ3) is 3.35. The lowest BCUT2D eigenvalue weighted by molar-refractivity contribution is -0.147. The van der Waals surface area contributed by atoms with Crippen molar-refractivity contribution < 1.29 is 17.9 Å². The van der Waals surface area contributed by atoms with Crippen LogP contribution in [0.15, 0.2) is 29.2 Å². The topological polar surface area (TPSA) is 96.3 Å². The molecule has 1 aromatic rings. The summed E-state index contributed by atoms with van der Waals surface area (Å²) in [5.74, 6) is -0.655. The Bertz CT molecular complexity index is 631. The molecule has 0 saturated carbocycles. The van der Waals surface area contributed by atoms with Gasteiger partial charge in [-0.1, -0.05) is 6.92 Å². The number of nitrogens with zero attached hydrogens (tertiary/aromatic N) is 1. The van der Waals surface area contributed by atoms with Crippen LogP contribution in [0.2, 0.25) is 0 Å². The quantitative estimate of drug-likeness (QED) is 0.823. The first-order chi connectivity index (χ1) is 9.29. The van der Waals surface area contributed by atoms with E-state index in [2.05, 4.69) is 9.46 Å². The van der Waals surface area contributed by atoms with Crippen LogP contribution in [-0.2, 0) is 19.6 Å². The monoisotopic (exact) mass is 296 g/mol. The van der Waals surface area contributed by atoms with Gasteiger partial charge < -0.3 is 4.74 Å². The zero-order chi connectivity index (χ0) is 15.4. The van der Waals surface area contributed by atoms with E-state index in [0.717, 1.165) is 0 Å². The molecule has 108 valence electrons. The summed E-state index contributed by atoms with van der Waals surface area (Å²) >= 11 is 0. The first-order valence-corrected chi connectivity index (χ1v) is 7.40. The van der Waals surface area contributed by atoms with Crippen LogP contribution in [0.25, 0.3) is 0 Å². The first-order valence-electron chi connectivity index (χ1n) is 5.91. The van der Waals surface area contributed by atoms with E-state index < -0.39 is 21.5 Å². The maximum Gasteiger partial charge on any atom is 0.326 e. The number of benzene rings is 1. The lowest BCUT2D eigenvalue weighted by Crippen LogP contribution is -2.52. The van der Waals surface area contributed by atoms with E-state index >= 15 is 0 Å². The molecule has 6 nitrogen and oxygen atoms in total. The average Bonchev–Trinajstić information content (AvgIpc) is 2.45. The summed E-state index contributed by atoms with van der Waals surface area (Å²) in [5, 5.41) is 8.68. The molecular formula is C13H16N2O4S. The van der Waals surface area contributed by atoms with Gasteiger partial charge >= 0.3 is 5.97 Å². The van der Waals surface area contributed by atoms with E-state index in [1.807, 2.05) is 6.07 Å². The molecule has 1 atom stereocenters. The van der Waals surface area contributed by atoms with Crippen molar-refractivity contribution in [3.8, 4) is 6.07 Å². The van der Waals surface area contributed by atoms with Gasteiger partial charge in [-0.2, -0.15) is 9.98 Å². The fraction of sp³-hybridized carbons (Fsp3) is 0.385. The molecule has 0 radical (unpaired) electrons. The maximum atomic E-state index is 12.2. The molecule has 20 heavy (non-hydrogen) atoms. The minimum atomic E-state index is -3.87. The van der Waals surface area contributed by atoms with E-state index in [-0.39, 0.29) is 11.3 Å². The van der Waals surface area contributed by atoms with Crippen molar-refractivity contribution in [2.45, 2.75) is 30.7 Å². The van der Waals surface area contributed by atoms with E-state index in [9.17, 15) is 13.2 Å². The molecule has 1 N–H and O–H groups in total. The molecule has 0 aliphatic heterocycles. The Kier molecular flexibility index (Phi) is 4.87. The van der Waals surface area contributed by atoms with Gasteiger partial charge in [-0.05, 0) is 37.6 Å². The number of nitrogens with one attached hydrogen (secondary N) is 1. The summed E-state index contributed by atoms with van der Waals surface area (Å²) in [7, 11) is -2.67. The largest absolute Gasteiger partial charge is 0.468 e. The highest BCUT2D eigenvalue weighted by Gasteiger charge is 2.37. The second-order valence-electron chi connectivity index (χ2n) is 4.42. The summed E-state index contributed by atoms with van der Waals surface area (Å²) in [6.07, 6.45) is 0.245. The lowest BCUT2D eigenvalue weighted by atomic mass is 10.0. The minimum absolute atomic E-state index is 0.0138. The molecule has 1 rings (SSSR count). The zero-order valence-electron chi connectivity index (χ0n) is 11.5. The molecule has 0 saturated heterocycles. The van der Waals surface area contributed by atoms with Crippen molar-refractivity contribution in [3.05, 3.63) is 29.8 Å². The van der Waals surface area contributed by atoms with Crippen molar-refractivity contribution in [2.24, 2.45) is 0 Å². The minimum Gasteiger partial charge on any atom is -0.468 e. The number of nitriles is 1. The van der Waals surface area contributed by atoms with Crippen LogP contribution < -0.4 is 4.72 Å². The predicted molar refractivity (Wildman–Crippen MR) is 72.2 cm³/mol. The van der Waals surface area contributed by atoms with E-state index in [0.29, 0.717) is 5.56 Å². The first kappa shape index (κ1) is 16.1. The molecule has 0 bridgehead atoms. The average molecular weight is 296 g/mol. The van der Waals surface area contributed by atoms with Crippen LogP contribution in [0, 0.1) is 11.3 Å². The number of rotatable bonds is 5. The van der Waals surface area contributed by atoms with Gasteiger partial charge in [0.25, 0.3) is 0 Å². The highest BCUT2D eigenvalue weighted by atomic mass is 32.2. The molecule has 0 aliphatic rings. The van der Waals surface area contributed by atoms with Crippen molar-refractivity contribution in [2.75, 3.05) is 7.11 Å². The van der Waals surface area contributed by atoms with Gasteiger partial charge in [0.1, 0.15) is 5.54 Å². The Balaban J connectivity index is 3.10. The maximum absolute atomic E-state index is 12.2. The van der Waals surface area contributed by atoms with E-state index in [1.54, 1.807) is 6.92 Å². The highest BCUT2D eigenvalue weighted by molar-refractivity contribution is 7.89. The molecule has 1 aromatic carbocycles. The second-order valence-corrected chi connectivity index (χ2v) is 6.10. The lowest BCUT2D eigenvalue weighted by Gasteiger charge is -2.26. The van der Waals surface area contributed by atoms with Gasteiger partial charge in [0.2, 0.25) is 10.0 Å². The zero-order valence-corrected chi connectivity index (χ0v) is 12.3. The van der Waals surface area contributed by atoms with Crippen LogP contribution in [-0.4, -0.2) is 27.0 Å². The summed E-state index contributed by atoms with van der Waals surface area (Å²) < 4.78 is 31.4. The molecular weight excluding hydrogens is 280 g/mol. The van der Waals surface area contributed by atoms with Gasteiger partial charge in [-0.3, -0.25) is 4.79 Å². The van der Waals surface area contributed by atoms with Crippen molar-refractivity contribution in [1.29, 1.82) is 5.26 Å². The fourth-order valence-corrected chi connectivity index (χ4v) is 2.98. The van der Waals surface area contributed by atoms with Gasteiger partial charge in [-0.15, -0.1) is 0 Å². The van der Waals surface area contributed by atoms with Crippen LogP contribution in [0.4, 0.5) is 0 Å². The number of sulfonamides is 1. The SMILES string of the molecule is CCC(C)(NS(=O)(=O)c1ccc(C#N)cc1)C(=O)OC. The van der Waals surface area contributed by atoms with Crippen molar-refractivity contribution in [1.82, 2.24) is 4.72 Å². The van der Waals surface area contributed by atoms with Crippen LogP contribution in [0.3, 0.4) is 0 Å². The molecule has 0 amide bonds. The molecule has 0 heterocycles. The normalized spacial score (nSPS) is 14.1. The number of hydrogen-bond donors (Lipinski definition) is 1. The molecule has 1 unspecified atom stereocenters. The van der Waals surface area contributed by atoms with Crippen LogP contribution in [0.5, 0.6) is 0 Å². The van der Waals surface area contributed by atoms with Crippen LogP contribution >= 0.6 is 0 Å². The van der Waals surface area contributed by atoms with Crippen molar-refractivity contribution >= 4 is 16.0 Å². The predicted octanol–water partition coefficient (Wildman–Crippen LogP) is 1.18. The van der Waals surface area contributed by atoms with E-state index in [1.165, 1.54) is 38.3 Å². The fourth-order valence-electron chi connectivity index (χ4n) is 1.55. The van der Waals surface area contributed by atoms with Gasteiger partial charge in [0.05, 0.1) is 23.6 Å². The van der Waals surface area contributed by atoms with Gasteiger partial charge in [0, 0.05) is 0 Å². The summed E-state index contributed by atoms with van der Waals surface area (Å²) in [6.45, 7) is 3.14. The van der Waals surface area contributed by atoms with Crippen molar-refractivity contribution in [3.63, 3.8) is 0 Å². The third-order valence-corrected chi connectivity index (χ3v) is 4.61.